The summed E-state index contributed by atoms with van der Waals surface area (Å²) in [5.41, 5.74) is 12.7. The van der Waals surface area contributed by atoms with Crippen LogP contribution in [0, 0.1) is 0 Å². The molecule has 0 radical (unpaired) electrons. The van der Waals surface area contributed by atoms with Crippen molar-refractivity contribution < 1.29 is 0 Å². The fraction of sp³-hybridized carbons (Fsp3) is 0. The number of benzene rings is 10. The standard InChI is InChI=1S/C58H34N4S/c1-2-14-40-39(13-1)46(58-57(59-48-19-7-8-20-49(48)60-58)36-26-28-45-44-18-6-12-24-55(44)63-56(45)34-36)29-30-53(40)62-52-23-11-5-17-43(52)47-32-37-31-38(27-25-35(37)33-54(47)62)61-50-21-9-3-15-41(50)42-16-4-10-22-51(42)61/h1-34H. The van der Waals surface area contributed by atoms with E-state index in [-0.39, 0.29) is 0 Å². The van der Waals surface area contributed by atoms with Crippen LogP contribution in [0.4, 0.5) is 0 Å². The maximum absolute atomic E-state index is 5.41. The minimum atomic E-state index is 0.878. The highest BCUT2D eigenvalue weighted by atomic mass is 32.1. The minimum absolute atomic E-state index is 0.878. The Morgan fingerprint density at radius 3 is 1.67 bits per heavy atom. The average Bonchev–Trinajstić information content (AvgIpc) is 3.99. The topological polar surface area (TPSA) is 35.6 Å². The predicted octanol–water partition coefficient (Wildman–Crippen LogP) is 15.8. The molecule has 4 aromatic heterocycles. The third kappa shape index (κ3) is 5.08. The lowest BCUT2D eigenvalue weighted by molar-refractivity contribution is 1.18. The average molecular weight is 819 g/mol. The molecule has 0 fully saturated rings. The maximum atomic E-state index is 5.41. The summed E-state index contributed by atoms with van der Waals surface area (Å²) in [6.45, 7) is 0. The van der Waals surface area contributed by atoms with Crippen LogP contribution < -0.4 is 0 Å². The lowest BCUT2D eigenvalue weighted by Crippen LogP contribution is -1.99. The van der Waals surface area contributed by atoms with Gasteiger partial charge in [-0.2, -0.15) is 0 Å². The van der Waals surface area contributed by atoms with Gasteiger partial charge in [-0.15, -0.1) is 11.3 Å². The van der Waals surface area contributed by atoms with Crippen LogP contribution in [0.25, 0.3) is 130 Å². The molecule has 0 saturated heterocycles. The van der Waals surface area contributed by atoms with Gasteiger partial charge in [-0.3, -0.25) is 0 Å². The van der Waals surface area contributed by atoms with E-state index in [0.29, 0.717) is 0 Å². The number of fused-ring (bicyclic) bond motifs is 12. The van der Waals surface area contributed by atoms with E-state index >= 15 is 0 Å². The van der Waals surface area contributed by atoms with Gasteiger partial charge in [0, 0.05) is 63.9 Å². The summed E-state index contributed by atoms with van der Waals surface area (Å²) < 4.78 is 7.40. The molecule has 4 heterocycles. The second-order valence-electron chi connectivity index (χ2n) is 16.5. The lowest BCUT2D eigenvalue weighted by Gasteiger charge is -2.17. The maximum Gasteiger partial charge on any atom is 0.0979 e. The molecule has 0 spiro atoms. The SMILES string of the molecule is c1ccc2nc(-c3ccc(-n4c5ccccc5c5cc6cc(-n7c8ccccc8c8ccccc87)ccc6cc54)c4ccccc34)c(-c3ccc4c(c3)sc3ccccc34)nc2c1. The van der Waals surface area contributed by atoms with Crippen molar-refractivity contribution in [3.63, 3.8) is 0 Å². The van der Waals surface area contributed by atoms with Gasteiger partial charge >= 0.3 is 0 Å². The zero-order valence-corrected chi connectivity index (χ0v) is 34.6. The first kappa shape index (κ1) is 34.6. The van der Waals surface area contributed by atoms with Crippen LogP contribution in [0.3, 0.4) is 0 Å². The van der Waals surface area contributed by atoms with Crippen molar-refractivity contribution in [2.45, 2.75) is 0 Å². The quantitative estimate of drug-likeness (QED) is 0.177. The first-order valence-corrected chi connectivity index (χ1v) is 22.2. The molecule has 0 saturated carbocycles. The van der Waals surface area contributed by atoms with Crippen LogP contribution in [-0.4, -0.2) is 19.1 Å². The summed E-state index contributed by atoms with van der Waals surface area (Å²) in [4.78, 5) is 10.8. The summed E-state index contributed by atoms with van der Waals surface area (Å²) in [7, 11) is 0. The number of nitrogens with zero attached hydrogens (tertiary/aromatic N) is 4. The fourth-order valence-electron chi connectivity index (χ4n) is 10.2. The third-order valence-corrected chi connectivity index (χ3v) is 14.2. The van der Waals surface area contributed by atoms with Crippen molar-refractivity contribution in [1.29, 1.82) is 0 Å². The number of para-hydroxylation sites is 5. The molecule has 0 aliphatic rings. The molecule has 10 aromatic carbocycles. The van der Waals surface area contributed by atoms with Crippen molar-refractivity contribution in [2.24, 2.45) is 0 Å². The molecule has 0 N–H and O–H groups in total. The van der Waals surface area contributed by atoms with Gasteiger partial charge in [0.15, 0.2) is 0 Å². The summed E-state index contributed by atoms with van der Waals surface area (Å²) in [5, 5.41) is 12.2. The molecule has 0 unspecified atom stereocenters. The smallest absolute Gasteiger partial charge is 0.0979 e. The minimum Gasteiger partial charge on any atom is -0.309 e. The Bertz CT molecular complexity index is 4170. The summed E-state index contributed by atoms with van der Waals surface area (Å²) in [6, 6.07) is 74.9. The highest BCUT2D eigenvalue weighted by Gasteiger charge is 2.21. The Kier molecular flexibility index (Phi) is 7.24. The fourth-order valence-corrected chi connectivity index (χ4v) is 11.4. The van der Waals surface area contributed by atoms with Crippen molar-refractivity contribution in [2.75, 3.05) is 0 Å². The molecule has 0 bridgehead atoms. The Hall–Kier alpha value is -8.12. The van der Waals surface area contributed by atoms with E-state index in [9.17, 15) is 0 Å². The molecular weight excluding hydrogens is 785 g/mol. The highest BCUT2D eigenvalue weighted by molar-refractivity contribution is 7.25. The van der Waals surface area contributed by atoms with Crippen molar-refractivity contribution in [1.82, 2.24) is 19.1 Å². The molecule has 5 heteroatoms. The van der Waals surface area contributed by atoms with Gasteiger partial charge < -0.3 is 9.13 Å². The summed E-state index contributed by atoms with van der Waals surface area (Å²) >= 11 is 1.83. The Morgan fingerprint density at radius 1 is 0.333 bits per heavy atom. The molecule has 14 rings (SSSR count). The van der Waals surface area contributed by atoms with Crippen LogP contribution in [0.2, 0.25) is 0 Å². The van der Waals surface area contributed by atoms with E-state index in [1.165, 1.54) is 74.6 Å². The van der Waals surface area contributed by atoms with Gasteiger partial charge in [0.05, 0.1) is 50.2 Å². The normalized spacial score (nSPS) is 12.1. The molecule has 0 aliphatic heterocycles. The molecule has 0 amide bonds. The van der Waals surface area contributed by atoms with Gasteiger partial charge in [0.25, 0.3) is 0 Å². The van der Waals surface area contributed by atoms with E-state index in [1.54, 1.807) is 0 Å². The number of thiophene rings is 1. The molecule has 14 aromatic rings. The van der Waals surface area contributed by atoms with Gasteiger partial charge in [0.1, 0.15) is 0 Å². The molecule has 0 atom stereocenters. The van der Waals surface area contributed by atoms with Crippen LogP contribution in [-0.2, 0) is 0 Å². The molecule has 63 heavy (non-hydrogen) atoms. The second-order valence-corrected chi connectivity index (χ2v) is 17.6. The van der Waals surface area contributed by atoms with E-state index < -0.39 is 0 Å². The van der Waals surface area contributed by atoms with Gasteiger partial charge in [-0.1, -0.05) is 127 Å². The van der Waals surface area contributed by atoms with Gasteiger partial charge in [-0.05, 0) is 95.0 Å². The van der Waals surface area contributed by atoms with Gasteiger partial charge in [-0.25, -0.2) is 9.97 Å². The van der Waals surface area contributed by atoms with Crippen molar-refractivity contribution in [3.8, 4) is 33.9 Å². The Morgan fingerprint density at radius 2 is 0.921 bits per heavy atom. The van der Waals surface area contributed by atoms with Crippen LogP contribution >= 0.6 is 11.3 Å². The monoisotopic (exact) mass is 818 g/mol. The van der Waals surface area contributed by atoms with E-state index in [2.05, 4.69) is 203 Å². The zero-order chi connectivity index (χ0) is 41.2. The molecule has 292 valence electrons. The number of rotatable bonds is 4. The lowest BCUT2D eigenvalue weighted by atomic mass is 9.96. The zero-order valence-electron chi connectivity index (χ0n) is 33.8. The van der Waals surface area contributed by atoms with E-state index in [1.807, 2.05) is 23.5 Å². The summed E-state index contributed by atoms with van der Waals surface area (Å²) in [5.74, 6) is 0. The first-order valence-electron chi connectivity index (χ1n) is 21.4. The Balaban J connectivity index is 0.973. The Labute approximate surface area is 365 Å². The number of aromatic nitrogens is 4. The van der Waals surface area contributed by atoms with Crippen LogP contribution in [0.15, 0.2) is 206 Å². The van der Waals surface area contributed by atoms with Crippen LogP contribution in [0.5, 0.6) is 0 Å². The van der Waals surface area contributed by atoms with E-state index in [0.717, 1.165) is 55.7 Å². The molecule has 0 aliphatic carbocycles. The van der Waals surface area contributed by atoms with Crippen LogP contribution in [0.1, 0.15) is 0 Å². The van der Waals surface area contributed by atoms with Crippen molar-refractivity contribution in [3.05, 3.63) is 206 Å². The summed E-state index contributed by atoms with van der Waals surface area (Å²) in [6.07, 6.45) is 0. The van der Waals surface area contributed by atoms with E-state index in [4.69, 9.17) is 9.97 Å². The van der Waals surface area contributed by atoms with Gasteiger partial charge in [0.2, 0.25) is 0 Å². The number of hydrogen-bond donors (Lipinski definition) is 0. The second kappa shape index (κ2) is 13.2. The largest absolute Gasteiger partial charge is 0.309 e. The number of hydrogen-bond acceptors (Lipinski definition) is 3. The third-order valence-electron chi connectivity index (χ3n) is 13.1. The molecular formula is C58H34N4S. The highest BCUT2D eigenvalue weighted by Crippen LogP contribution is 2.43. The molecule has 4 nitrogen and oxygen atoms in total. The first-order chi connectivity index (χ1) is 31.2. The predicted molar refractivity (Wildman–Crippen MR) is 267 cm³/mol. The van der Waals surface area contributed by atoms with Crippen molar-refractivity contribution >= 4 is 108 Å².